The van der Waals surface area contributed by atoms with Crippen LogP contribution in [0.25, 0.3) is 10.9 Å². The van der Waals surface area contributed by atoms with Crippen LogP contribution in [0.3, 0.4) is 0 Å². The van der Waals surface area contributed by atoms with Crippen molar-refractivity contribution in [3.05, 3.63) is 65.7 Å². The van der Waals surface area contributed by atoms with Crippen molar-refractivity contribution in [1.82, 2.24) is 4.98 Å². The Labute approximate surface area is 105 Å². The molecule has 0 aliphatic rings. The van der Waals surface area contributed by atoms with Gasteiger partial charge >= 0.3 is 0 Å². The topological polar surface area (TPSA) is 52.0 Å². The fraction of sp³-hybridized carbons (Fsp3) is 0.133. The van der Waals surface area contributed by atoms with Crippen molar-refractivity contribution in [1.29, 1.82) is 0 Å². The van der Waals surface area contributed by atoms with Gasteiger partial charge in [0.05, 0.1) is 11.6 Å². The summed E-state index contributed by atoms with van der Waals surface area (Å²) in [5.74, 6) is 1.67. The van der Waals surface area contributed by atoms with Crippen molar-refractivity contribution in [3.8, 4) is 0 Å². The molecule has 3 heteroatoms. The molecule has 0 amide bonds. The lowest BCUT2D eigenvalue weighted by Gasteiger charge is -2.10. The molecule has 90 valence electrons. The number of hydrogen-bond donors (Lipinski definition) is 1. The number of nitrogens with two attached hydrogens (primary N) is 1. The largest absolute Gasteiger partial charge is 0.464 e. The summed E-state index contributed by atoms with van der Waals surface area (Å²) in [4.78, 5) is 4.29. The summed E-state index contributed by atoms with van der Waals surface area (Å²) >= 11 is 0. The predicted molar refractivity (Wildman–Crippen MR) is 71.2 cm³/mol. The molecule has 2 aromatic heterocycles. The lowest BCUT2D eigenvalue weighted by molar-refractivity contribution is 0.466. The third-order valence-electron chi connectivity index (χ3n) is 3.05. The molecule has 0 bridgehead atoms. The average molecular weight is 238 g/mol. The van der Waals surface area contributed by atoms with Crippen LogP contribution >= 0.6 is 0 Å². The van der Waals surface area contributed by atoms with Gasteiger partial charge < -0.3 is 10.2 Å². The van der Waals surface area contributed by atoms with Gasteiger partial charge in [-0.25, -0.2) is 0 Å². The SMILES string of the molecule is Cc1ccc(C(N)c2ccc3ncccc3c2)o1. The quantitative estimate of drug-likeness (QED) is 0.746. The second-order valence-electron chi connectivity index (χ2n) is 4.38. The van der Waals surface area contributed by atoms with Crippen LogP contribution in [0.4, 0.5) is 0 Å². The van der Waals surface area contributed by atoms with Gasteiger partial charge in [0.1, 0.15) is 11.5 Å². The molecule has 0 radical (unpaired) electrons. The van der Waals surface area contributed by atoms with E-state index in [-0.39, 0.29) is 6.04 Å². The van der Waals surface area contributed by atoms with Crippen LogP contribution in [0.1, 0.15) is 23.1 Å². The zero-order valence-corrected chi connectivity index (χ0v) is 10.1. The molecule has 0 aliphatic heterocycles. The number of rotatable bonds is 2. The summed E-state index contributed by atoms with van der Waals surface area (Å²) in [6.45, 7) is 1.92. The van der Waals surface area contributed by atoms with Crippen molar-refractivity contribution in [3.63, 3.8) is 0 Å². The van der Waals surface area contributed by atoms with E-state index in [1.165, 1.54) is 0 Å². The monoisotopic (exact) mass is 238 g/mol. The van der Waals surface area contributed by atoms with Crippen molar-refractivity contribution in [2.75, 3.05) is 0 Å². The molecule has 1 aromatic carbocycles. The highest BCUT2D eigenvalue weighted by Crippen LogP contribution is 2.24. The molecule has 3 nitrogen and oxygen atoms in total. The number of pyridine rings is 1. The van der Waals surface area contributed by atoms with Gasteiger partial charge in [-0.3, -0.25) is 4.98 Å². The van der Waals surface area contributed by atoms with Gasteiger partial charge in [-0.1, -0.05) is 12.1 Å². The van der Waals surface area contributed by atoms with Gasteiger partial charge in [0.2, 0.25) is 0 Å². The molecule has 2 heterocycles. The van der Waals surface area contributed by atoms with Crippen molar-refractivity contribution in [2.45, 2.75) is 13.0 Å². The molecule has 0 spiro atoms. The van der Waals surface area contributed by atoms with E-state index in [2.05, 4.69) is 11.1 Å². The average Bonchev–Trinajstić information content (AvgIpc) is 2.84. The molecule has 3 aromatic rings. The third kappa shape index (κ3) is 1.89. The van der Waals surface area contributed by atoms with Crippen LogP contribution in [0.5, 0.6) is 0 Å². The molecule has 2 N–H and O–H groups in total. The first-order valence-corrected chi connectivity index (χ1v) is 5.90. The second kappa shape index (κ2) is 4.27. The zero-order valence-electron chi connectivity index (χ0n) is 10.1. The number of nitrogens with zero attached hydrogens (tertiary/aromatic N) is 1. The van der Waals surface area contributed by atoms with E-state index in [1.54, 1.807) is 6.20 Å². The smallest absolute Gasteiger partial charge is 0.125 e. The van der Waals surface area contributed by atoms with E-state index in [9.17, 15) is 0 Å². The Balaban J connectivity index is 2.03. The molecule has 0 saturated carbocycles. The van der Waals surface area contributed by atoms with Gasteiger partial charge in [0, 0.05) is 11.6 Å². The van der Waals surface area contributed by atoms with Gasteiger partial charge in [0.15, 0.2) is 0 Å². The minimum Gasteiger partial charge on any atom is -0.464 e. The van der Waals surface area contributed by atoms with Crippen LogP contribution in [-0.2, 0) is 0 Å². The number of furan rings is 1. The van der Waals surface area contributed by atoms with Gasteiger partial charge in [-0.05, 0) is 42.8 Å². The van der Waals surface area contributed by atoms with Crippen molar-refractivity contribution in [2.24, 2.45) is 5.73 Å². The molecule has 0 fully saturated rings. The summed E-state index contributed by atoms with van der Waals surface area (Å²) in [5.41, 5.74) is 8.21. The van der Waals surface area contributed by atoms with Crippen molar-refractivity contribution < 1.29 is 4.42 Å². The molecule has 0 saturated heterocycles. The number of fused-ring (bicyclic) bond motifs is 1. The van der Waals surface area contributed by atoms with Crippen LogP contribution < -0.4 is 5.73 Å². The normalized spacial score (nSPS) is 12.8. The Morgan fingerprint density at radius 2 is 2.06 bits per heavy atom. The number of benzene rings is 1. The highest BCUT2D eigenvalue weighted by molar-refractivity contribution is 5.79. The maximum absolute atomic E-state index is 6.21. The van der Waals surface area contributed by atoms with Crippen LogP contribution in [0, 0.1) is 6.92 Å². The Kier molecular flexibility index (Phi) is 2.61. The van der Waals surface area contributed by atoms with E-state index in [0.717, 1.165) is 28.0 Å². The molecule has 3 rings (SSSR count). The minimum atomic E-state index is -0.233. The number of aryl methyl sites for hydroxylation is 1. The summed E-state index contributed by atoms with van der Waals surface area (Å²) < 4.78 is 5.57. The van der Waals surface area contributed by atoms with Crippen LogP contribution in [0.2, 0.25) is 0 Å². The Bertz CT molecular complexity index is 688. The van der Waals surface area contributed by atoms with E-state index in [4.69, 9.17) is 10.2 Å². The fourth-order valence-corrected chi connectivity index (χ4v) is 2.07. The Morgan fingerprint density at radius 3 is 2.83 bits per heavy atom. The summed E-state index contributed by atoms with van der Waals surface area (Å²) in [5, 5.41) is 1.09. The summed E-state index contributed by atoms with van der Waals surface area (Å²) in [6.07, 6.45) is 1.79. The van der Waals surface area contributed by atoms with Crippen molar-refractivity contribution >= 4 is 10.9 Å². The molecule has 0 aliphatic carbocycles. The van der Waals surface area contributed by atoms with Gasteiger partial charge in [-0.2, -0.15) is 0 Å². The molecule has 1 atom stereocenters. The Hall–Kier alpha value is -2.13. The molecular formula is C15H14N2O. The first kappa shape index (κ1) is 11.0. The molecule has 1 unspecified atom stereocenters. The first-order chi connectivity index (χ1) is 8.74. The van der Waals surface area contributed by atoms with E-state index >= 15 is 0 Å². The maximum atomic E-state index is 6.21. The standard InChI is InChI=1S/C15H14N2O/c1-10-4-7-14(18-10)15(16)12-5-6-13-11(9-12)3-2-8-17-13/h2-9,15H,16H2,1H3. The second-order valence-corrected chi connectivity index (χ2v) is 4.38. The van der Waals surface area contributed by atoms with Gasteiger partial charge in [-0.15, -0.1) is 0 Å². The summed E-state index contributed by atoms with van der Waals surface area (Å²) in [6, 6.07) is 13.6. The molecule has 18 heavy (non-hydrogen) atoms. The number of hydrogen-bond acceptors (Lipinski definition) is 3. The fourth-order valence-electron chi connectivity index (χ4n) is 2.07. The maximum Gasteiger partial charge on any atom is 0.125 e. The molecular weight excluding hydrogens is 224 g/mol. The van der Waals surface area contributed by atoms with E-state index in [0.29, 0.717) is 0 Å². The Morgan fingerprint density at radius 1 is 1.17 bits per heavy atom. The highest BCUT2D eigenvalue weighted by Gasteiger charge is 2.12. The highest BCUT2D eigenvalue weighted by atomic mass is 16.3. The van der Waals surface area contributed by atoms with E-state index < -0.39 is 0 Å². The zero-order chi connectivity index (χ0) is 12.5. The lowest BCUT2D eigenvalue weighted by atomic mass is 10.0. The predicted octanol–water partition coefficient (Wildman–Crippen LogP) is 3.18. The summed E-state index contributed by atoms with van der Waals surface area (Å²) in [7, 11) is 0. The van der Waals surface area contributed by atoms with E-state index in [1.807, 2.05) is 43.3 Å². The van der Waals surface area contributed by atoms with Gasteiger partial charge in [0.25, 0.3) is 0 Å². The first-order valence-electron chi connectivity index (χ1n) is 5.90. The van der Waals surface area contributed by atoms with Crippen LogP contribution in [-0.4, -0.2) is 4.98 Å². The third-order valence-corrected chi connectivity index (χ3v) is 3.05. The minimum absolute atomic E-state index is 0.233. The number of aromatic nitrogens is 1. The van der Waals surface area contributed by atoms with Crippen LogP contribution in [0.15, 0.2) is 53.1 Å². The lowest BCUT2D eigenvalue weighted by Crippen LogP contribution is -2.10.